The molecule has 3 aromatic rings. The van der Waals surface area contributed by atoms with E-state index in [0.717, 1.165) is 21.6 Å². The Hall–Kier alpha value is -2.81. The highest BCUT2D eigenvalue weighted by Gasteiger charge is 2.42. The topological polar surface area (TPSA) is 115 Å². The maximum atomic E-state index is 12.6. The fourth-order valence-corrected chi connectivity index (χ4v) is 4.59. The number of likely N-dealkylation sites (tertiary alicyclic amines) is 1. The quantitative estimate of drug-likeness (QED) is 0.678. The minimum absolute atomic E-state index is 0.00565. The number of carbonyl (C=O) groups is 2. The number of primary amides is 1. The van der Waals surface area contributed by atoms with Gasteiger partial charge in [-0.25, -0.2) is 4.98 Å². The number of aromatic nitrogens is 3. The molecule has 4 rings (SSSR count). The SMILES string of the molecule is Cc1noc([C@@H]2CN(C(=O)CCCc3nc4ccccc4s3)C[C@H]2C(N)=O)n1. The van der Waals surface area contributed by atoms with Gasteiger partial charge in [0.2, 0.25) is 17.7 Å². The van der Waals surface area contributed by atoms with E-state index in [2.05, 4.69) is 21.2 Å². The van der Waals surface area contributed by atoms with Gasteiger partial charge in [-0.05, 0) is 31.9 Å². The molecule has 1 aliphatic heterocycles. The van der Waals surface area contributed by atoms with Gasteiger partial charge in [0.1, 0.15) is 0 Å². The second-order valence-corrected chi connectivity index (χ2v) is 8.14. The molecule has 0 radical (unpaired) electrons. The zero-order valence-corrected chi connectivity index (χ0v) is 16.3. The number of para-hydroxylation sites is 1. The van der Waals surface area contributed by atoms with Crippen molar-refractivity contribution in [3.8, 4) is 0 Å². The van der Waals surface area contributed by atoms with E-state index in [1.807, 2.05) is 18.2 Å². The number of hydrogen-bond donors (Lipinski definition) is 1. The molecule has 28 heavy (non-hydrogen) atoms. The van der Waals surface area contributed by atoms with E-state index >= 15 is 0 Å². The third-order valence-corrected chi connectivity index (χ3v) is 6.11. The van der Waals surface area contributed by atoms with Gasteiger partial charge in [-0.3, -0.25) is 9.59 Å². The highest BCUT2D eigenvalue weighted by atomic mass is 32.1. The summed E-state index contributed by atoms with van der Waals surface area (Å²) < 4.78 is 6.37. The Balaban J connectivity index is 1.35. The molecule has 0 unspecified atom stereocenters. The predicted octanol–water partition coefficient (Wildman–Crippen LogP) is 2.04. The summed E-state index contributed by atoms with van der Waals surface area (Å²) in [6, 6.07) is 8.01. The van der Waals surface area contributed by atoms with E-state index in [-0.39, 0.29) is 11.8 Å². The van der Waals surface area contributed by atoms with Crippen molar-refractivity contribution in [2.75, 3.05) is 13.1 Å². The first-order valence-corrected chi connectivity index (χ1v) is 10.0. The van der Waals surface area contributed by atoms with E-state index < -0.39 is 11.8 Å². The second kappa shape index (κ2) is 7.67. The molecule has 2 amide bonds. The van der Waals surface area contributed by atoms with Crippen molar-refractivity contribution in [2.24, 2.45) is 11.7 Å². The van der Waals surface area contributed by atoms with Crippen LogP contribution in [0.1, 0.15) is 35.5 Å². The molecular weight excluding hydrogens is 378 g/mol. The maximum absolute atomic E-state index is 12.6. The third-order valence-electron chi connectivity index (χ3n) is 5.02. The molecule has 8 nitrogen and oxygen atoms in total. The summed E-state index contributed by atoms with van der Waals surface area (Å²) in [6.07, 6.45) is 1.86. The molecule has 1 aromatic carbocycles. The van der Waals surface area contributed by atoms with Gasteiger partial charge in [0.15, 0.2) is 5.82 Å². The first-order valence-electron chi connectivity index (χ1n) is 9.23. The van der Waals surface area contributed by atoms with Crippen molar-refractivity contribution in [2.45, 2.75) is 32.1 Å². The zero-order valence-electron chi connectivity index (χ0n) is 15.5. The van der Waals surface area contributed by atoms with Crippen LogP contribution in [0.25, 0.3) is 10.2 Å². The summed E-state index contributed by atoms with van der Waals surface area (Å²) in [4.78, 5) is 35.0. The Morgan fingerprint density at radius 1 is 1.29 bits per heavy atom. The number of thiazole rings is 1. The van der Waals surface area contributed by atoms with Crippen molar-refractivity contribution >= 4 is 33.4 Å². The highest BCUT2D eigenvalue weighted by Crippen LogP contribution is 2.32. The zero-order chi connectivity index (χ0) is 19.7. The van der Waals surface area contributed by atoms with Gasteiger partial charge in [0.05, 0.1) is 27.1 Å². The number of carbonyl (C=O) groups excluding carboxylic acids is 2. The predicted molar refractivity (Wildman–Crippen MR) is 104 cm³/mol. The lowest BCUT2D eigenvalue weighted by Crippen LogP contribution is -2.31. The molecule has 1 saturated heterocycles. The number of aryl methyl sites for hydroxylation is 2. The van der Waals surface area contributed by atoms with Crippen LogP contribution in [0.2, 0.25) is 0 Å². The van der Waals surface area contributed by atoms with Gasteiger partial charge in [-0.1, -0.05) is 17.3 Å². The van der Waals surface area contributed by atoms with Gasteiger partial charge in [0, 0.05) is 19.5 Å². The molecule has 0 aliphatic carbocycles. The first-order chi connectivity index (χ1) is 13.5. The molecular formula is C19H21N5O3S. The Labute approximate surface area is 165 Å². The molecule has 0 bridgehead atoms. The van der Waals surface area contributed by atoms with E-state index in [0.29, 0.717) is 37.6 Å². The molecule has 1 fully saturated rings. The number of nitrogens with two attached hydrogens (primary N) is 1. The van der Waals surface area contributed by atoms with Crippen LogP contribution >= 0.6 is 11.3 Å². The van der Waals surface area contributed by atoms with E-state index in [1.165, 1.54) is 0 Å². The van der Waals surface area contributed by atoms with Crippen LogP contribution in [0, 0.1) is 12.8 Å². The van der Waals surface area contributed by atoms with Crippen LogP contribution < -0.4 is 5.73 Å². The molecule has 1 aliphatic rings. The molecule has 2 N–H and O–H groups in total. The molecule has 2 atom stereocenters. The smallest absolute Gasteiger partial charge is 0.232 e. The number of nitrogens with zero attached hydrogens (tertiary/aromatic N) is 4. The summed E-state index contributed by atoms with van der Waals surface area (Å²) in [5.74, 6) is -0.429. The van der Waals surface area contributed by atoms with Crippen LogP contribution in [0.5, 0.6) is 0 Å². The summed E-state index contributed by atoms with van der Waals surface area (Å²) in [5, 5.41) is 4.81. The number of benzene rings is 1. The average Bonchev–Trinajstić information content (AvgIpc) is 3.38. The average molecular weight is 399 g/mol. The summed E-state index contributed by atoms with van der Waals surface area (Å²) in [6.45, 7) is 2.38. The second-order valence-electron chi connectivity index (χ2n) is 7.02. The van der Waals surface area contributed by atoms with Gasteiger partial charge < -0.3 is 15.2 Å². The van der Waals surface area contributed by atoms with Crippen molar-refractivity contribution in [1.82, 2.24) is 20.0 Å². The van der Waals surface area contributed by atoms with Crippen LogP contribution in [-0.4, -0.2) is 44.9 Å². The summed E-state index contributed by atoms with van der Waals surface area (Å²) in [7, 11) is 0. The lowest BCUT2D eigenvalue weighted by Gasteiger charge is -2.15. The van der Waals surface area contributed by atoms with E-state index in [4.69, 9.17) is 10.3 Å². The fraction of sp³-hybridized carbons (Fsp3) is 0.421. The molecule has 9 heteroatoms. The van der Waals surface area contributed by atoms with Crippen LogP contribution in [0.15, 0.2) is 28.8 Å². The van der Waals surface area contributed by atoms with E-state index in [9.17, 15) is 9.59 Å². The Bertz CT molecular complexity index is 981. The molecule has 0 saturated carbocycles. The highest BCUT2D eigenvalue weighted by molar-refractivity contribution is 7.18. The van der Waals surface area contributed by atoms with Gasteiger partial charge in [-0.2, -0.15) is 4.98 Å². The van der Waals surface area contributed by atoms with E-state index in [1.54, 1.807) is 23.2 Å². The van der Waals surface area contributed by atoms with Gasteiger partial charge in [0.25, 0.3) is 0 Å². The Kier molecular flexibility index (Phi) is 5.08. The fourth-order valence-electron chi connectivity index (χ4n) is 3.59. The normalized spacial score (nSPS) is 19.4. The number of fused-ring (bicyclic) bond motifs is 1. The number of amides is 2. The first kappa shape index (κ1) is 18.5. The molecule has 0 spiro atoms. The molecule has 146 valence electrons. The third kappa shape index (κ3) is 3.75. The Morgan fingerprint density at radius 2 is 2.11 bits per heavy atom. The number of hydrogen-bond acceptors (Lipinski definition) is 7. The largest absolute Gasteiger partial charge is 0.369 e. The summed E-state index contributed by atoms with van der Waals surface area (Å²) >= 11 is 1.66. The van der Waals surface area contributed by atoms with Crippen LogP contribution in [0.4, 0.5) is 0 Å². The monoisotopic (exact) mass is 399 g/mol. The van der Waals surface area contributed by atoms with Crippen molar-refractivity contribution in [1.29, 1.82) is 0 Å². The van der Waals surface area contributed by atoms with Gasteiger partial charge >= 0.3 is 0 Å². The minimum atomic E-state index is -0.506. The van der Waals surface area contributed by atoms with Crippen LogP contribution in [-0.2, 0) is 16.0 Å². The van der Waals surface area contributed by atoms with Crippen molar-refractivity contribution in [3.05, 3.63) is 41.0 Å². The molecule has 2 aromatic heterocycles. The Morgan fingerprint density at radius 3 is 2.82 bits per heavy atom. The van der Waals surface area contributed by atoms with Gasteiger partial charge in [-0.15, -0.1) is 11.3 Å². The molecule has 3 heterocycles. The van der Waals surface area contributed by atoms with Crippen molar-refractivity contribution < 1.29 is 14.1 Å². The maximum Gasteiger partial charge on any atom is 0.232 e. The summed E-state index contributed by atoms with van der Waals surface area (Å²) in [5.41, 5.74) is 6.53. The van der Waals surface area contributed by atoms with Crippen LogP contribution in [0.3, 0.4) is 0 Å². The minimum Gasteiger partial charge on any atom is -0.369 e. The standard InChI is InChI=1S/C19H21N5O3S/c1-11-21-19(27-23-11)13-10-24(9-12(13)18(20)26)17(25)8-4-7-16-22-14-5-2-3-6-15(14)28-16/h2-3,5-6,12-13H,4,7-10H2,1H3,(H2,20,26)/t12-,13-/m1/s1. The lowest BCUT2D eigenvalue weighted by atomic mass is 9.95. The lowest BCUT2D eigenvalue weighted by molar-refractivity contribution is -0.130. The van der Waals surface area contributed by atoms with Crippen molar-refractivity contribution in [3.63, 3.8) is 0 Å². The number of rotatable bonds is 6.